The molecule has 4 rings (SSSR count). The lowest BCUT2D eigenvalue weighted by Gasteiger charge is -2.25. The monoisotopic (exact) mass is 503 g/mol. The molecule has 10 heteroatoms. The predicted molar refractivity (Wildman–Crippen MR) is 122 cm³/mol. The van der Waals surface area contributed by atoms with Crippen LogP contribution in [0.5, 0.6) is 11.5 Å². The van der Waals surface area contributed by atoms with E-state index in [0.717, 1.165) is 17.0 Å². The Morgan fingerprint density at radius 2 is 1.66 bits per heavy atom. The molecule has 1 aliphatic rings. The zero-order valence-electron chi connectivity index (χ0n) is 18.0. The van der Waals surface area contributed by atoms with Gasteiger partial charge in [0.15, 0.2) is 0 Å². The largest absolute Gasteiger partial charge is 0.573 e. The molecular formula is C25H17ClF3NO5. The Kier molecular flexibility index (Phi) is 6.45. The first-order chi connectivity index (χ1) is 16.6. The van der Waals surface area contributed by atoms with Crippen LogP contribution >= 0.6 is 11.6 Å². The van der Waals surface area contributed by atoms with Crippen molar-refractivity contribution in [2.24, 2.45) is 0 Å². The molecule has 3 aromatic rings. The van der Waals surface area contributed by atoms with Crippen molar-refractivity contribution >= 4 is 34.7 Å². The molecule has 1 aliphatic heterocycles. The highest BCUT2D eigenvalue weighted by atomic mass is 35.5. The summed E-state index contributed by atoms with van der Waals surface area (Å²) in [5.74, 6) is -2.60. The third-order valence-electron chi connectivity index (χ3n) is 5.33. The fraction of sp³-hybridized carbons (Fsp3) is 0.120. The molecule has 180 valence electrons. The van der Waals surface area contributed by atoms with E-state index in [1.807, 2.05) is 0 Å². The van der Waals surface area contributed by atoms with Crippen molar-refractivity contribution in [3.63, 3.8) is 0 Å². The van der Waals surface area contributed by atoms with Crippen LogP contribution in [0.1, 0.15) is 17.2 Å². The zero-order chi connectivity index (χ0) is 25.3. The first-order valence-corrected chi connectivity index (χ1v) is 10.5. The second kappa shape index (κ2) is 9.34. The number of nitrogens with zero attached hydrogens (tertiary/aromatic N) is 1. The molecule has 1 atom stereocenters. The van der Waals surface area contributed by atoms with Gasteiger partial charge >= 0.3 is 6.36 Å². The summed E-state index contributed by atoms with van der Waals surface area (Å²) in [5, 5.41) is 11.4. The van der Waals surface area contributed by atoms with E-state index in [1.165, 1.54) is 37.4 Å². The number of aliphatic hydroxyl groups excluding tert-OH is 1. The number of anilines is 1. The average molecular weight is 504 g/mol. The number of carbonyl (C=O) groups excluding carboxylic acids is 2. The number of amides is 1. The standard InChI is InChI=1S/C25H17ClF3NO5/c1-34-19-13-15(7-12-18(19)26)22(31)20-21(14-5-3-2-4-6-14)30(24(33)23(20)32)16-8-10-17(11-9-16)35-25(27,28)29/h2-13,21,31H,1H3/b22-20-. The first kappa shape index (κ1) is 24.2. The van der Waals surface area contributed by atoms with Crippen molar-refractivity contribution in [3.8, 4) is 11.5 Å². The molecule has 1 heterocycles. The van der Waals surface area contributed by atoms with Gasteiger partial charge < -0.3 is 14.6 Å². The van der Waals surface area contributed by atoms with E-state index >= 15 is 0 Å². The molecule has 3 aromatic carbocycles. The van der Waals surface area contributed by atoms with Crippen LogP contribution in [-0.4, -0.2) is 30.3 Å². The second-order valence-electron chi connectivity index (χ2n) is 7.47. The maximum atomic E-state index is 13.1. The number of rotatable bonds is 5. The van der Waals surface area contributed by atoms with Crippen LogP contribution in [0.2, 0.25) is 5.02 Å². The minimum atomic E-state index is -4.88. The summed E-state index contributed by atoms with van der Waals surface area (Å²) in [5.41, 5.74) is 0.647. The van der Waals surface area contributed by atoms with E-state index in [1.54, 1.807) is 30.3 Å². The number of ketones is 1. The fourth-order valence-electron chi connectivity index (χ4n) is 3.82. The molecule has 0 saturated carbocycles. The molecule has 1 fully saturated rings. The number of Topliss-reactive ketones (excluding diaryl/α,β-unsaturated/α-hetero) is 1. The predicted octanol–water partition coefficient (Wildman–Crippen LogP) is 5.87. The van der Waals surface area contributed by atoms with Gasteiger partial charge in [-0.3, -0.25) is 14.5 Å². The SMILES string of the molecule is COc1cc(/C(O)=C2/C(=O)C(=O)N(c3ccc(OC(F)(F)F)cc3)C2c2ccccc2)ccc1Cl. The van der Waals surface area contributed by atoms with Crippen molar-refractivity contribution in [1.29, 1.82) is 0 Å². The van der Waals surface area contributed by atoms with Crippen molar-refractivity contribution in [2.75, 3.05) is 12.0 Å². The number of carbonyl (C=O) groups is 2. The number of halogens is 4. The van der Waals surface area contributed by atoms with Gasteiger partial charge in [-0.1, -0.05) is 41.9 Å². The Balaban J connectivity index is 1.85. The molecular weight excluding hydrogens is 487 g/mol. The number of ether oxygens (including phenoxy) is 2. The molecule has 0 bridgehead atoms. The third kappa shape index (κ3) is 4.81. The molecule has 1 saturated heterocycles. The molecule has 0 spiro atoms. The van der Waals surface area contributed by atoms with Gasteiger partial charge in [-0.05, 0) is 48.0 Å². The number of benzene rings is 3. The van der Waals surface area contributed by atoms with Crippen molar-refractivity contribution < 1.29 is 37.3 Å². The van der Waals surface area contributed by atoms with E-state index in [2.05, 4.69) is 4.74 Å². The summed E-state index contributed by atoms with van der Waals surface area (Å²) in [6.07, 6.45) is -4.88. The number of methoxy groups -OCH3 is 1. The summed E-state index contributed by atoms with van der Waals surface area (Å²) in [6.45, 7) is 0. The van der Waals surface area contributed by atoms with Gasteiger partial charge in [0.2, 0.25) is 0 Å². The summed E-state index contributed by atoms with van der Waals surface area (Å²) in [4.78, 5) is 27.3. The van der Waals surface area contributed by atoms with Crippen LogP contribution in [-0.2, 0) is 9.59 Å². The third-order valence-corrected chi connectivity index (χ3v) is 5.65. The Labute approximate surface area is 202 Å². The van der Waals surface area contributed by atoms with Crippen molar-refractivity contribution in [1.82, 2.24) is 0 Å². The topological polar surface area (TPSA) is 76.1 Å². The van der Waals surface area contributed by atoms with E-state index in [-0.39, 0.29) is 27.6 Å². The van der Waals surface area contributed by atoms with Gasteiger partial charge in [-0.2, -0.15) is 0 Å². The Morgan fingerprint density at radius 1 is 1.00 bits per heavy atom. The lowest BCUT2D eigenvalue weighted by Crippen LogP contribution is -2.29. The summed E-state index contributed by atoms with van der Waals surface area (Å²) in [6, 6.07) is 16.3. The second-order valence-corrected chi connectivity index (χ2v) is 7.88. The maximum Gasteiger partial charge on any atom is 0.573 e. The van der Waals surface area contributed by atoms with Gasteiger partial charge in [0.05, 0.1) is 23.7 Å². The Hall–Kier alpha value is -3.98. The molecule has 1 N–H and O–H groups in total. The molecule has 1 amide bonds. The van der Waals surface area contributed by atoms with Crippen LogP contribution in [0.3, 0.4) is 0 Å². The Bertz CT molecular complexity index is 1310. The number of hydrogen-bond donors (Lipinski definition) is 1. The summed E-state index contributed by atoms with van der Waals surface area (Å²) in [7, 11) is 1.39. The number of aliphatic hydroxyl groups is 1. The molecule has 35 heavy (non-hydrogen) atoms. The molecule has 0 aliphatic carbocycles. The van der Waals surface area contributed by atoms with E-state index in [4.69, 9.17) is 16.3 Å². The zero-order valence-corrected chi connectivity index (χ0v) is 18.8. The molecule has 0 aromatic heterocycles. The van der Waals surface area contributed by atoms with Crippen LogP contribution < -0.4 is 14.4 Å². The van der Waals surface area contributed by atoms with Crippen LogP contribution in [0, 0.1) is 0 Å². The van der Waals surface area contributed by atoms with Gasteiger partial charge in [-0.25, -0.2) is 0 Å². The molecule has 0 radical (unpaired) electrons. The van der Waals surface area contributed by atoms with E-state index in [0.29, 0.717) is 5.56 Å². The van der Waals surface area contributed by atoms with Gasteiger partial charge in [0.1, 0.15) is 17.3 Å². The quantitative estimate of drug-likeness (QED) is 0.267. The van der Waals surface area contributed by atoms with Crippen molar-refractivity contribution in [2.45, 2.75) is 12.4 Å². The van der Waals surface area contributed by atoms with Crippen molar-refractivity contribution in [3.05, 3.63) is 94.5 Å². The van der Waals surface area contributed by atoms with Crippen LogP contribution in [0.15, 0.2) is 78.4 Å². The molecule has 1 unspecified atom stereocenters. The highest BCUT2D eigenvalue weighted by molar-refractivity contribution is 6.51. The average Bonchev–Trinajstić information content (AvgIpc) is 3.09. The summed E-state index contributed by atoms with van der Waals surface area (Å²) < 4.78 is 46.7. The highest BCUT2D eigenvalue weighted by Crippen LogP contribution is 2.43. The summed E-state index contributed by atoms with van der Waals surface area (Å²) >= 11 is 6.06. The lowest BCUT2D eigenvalue weighted by molar-refractivity contribution is -0.274. The van der Waals surface area contributed by atoms with Crippen LogP contribution in [0.4, 0.5) is 18.9 Å². The fourth-order valence-corrected chi connectivity index (χ4v) is 4.02. The minimum absolute atomic E-state index is 0.142. The van der Waals surface area contributed by atoms with Gasteiger partial charge in [0, 0.05) is 11.3 Å². The minimum Gasteiger partial charge on any atom is -0.507 e. The Morgan fingerprint density at radius 3 is 2.26 bits per heavy atom. The maximum absolute atomic E-state index is 13.1. The molecule has 6 nitrogen and oxygen atoms in total. The van der Waals surface area contributed by atoms with Crippen LogP contribution in [0.25, 0.3) is 5.76 Å². The highest BCUT2D eigenvalue weighted by Gasteiger charge is 2.47. The lowest BCUT2D eigenvalue weighted by atomic mass is 9.95. The smallest absolute Gasteiger partial charge is 0.507 e. The normalized spacial score (nSPS) is 17.5. The van der Waals surface area contributed by atoms with Gasteiger partial charge in [-0.15, -0.1) is 13.2 Å². The first-order valence-electron chi connectivity index (χ1n) is 10.2. The van der Waals surface area contributed by atoms with E-state index in [9.17, 15) is 27.9 Å². The number of alkyl halides is 3. The van der Waals surface area contributed by atoms with E-state index < -0.39 is 35.6 Å². The number of hydrogen-bond acceptors (Lipinski definition) is 5. The van der Waals surface area contributed by atoms with Gasteiger partial charge in [0.25, 0.3) is 11.7 Å².